The maximum absolute atomic E-state index is 13.3. The van der Waals surface area contributed by atoms with Crippen molar-refractivity contribution in [3.63, 3.8) is 0 Å². The van der Waals surface area contributed by atoms with Gasteiger partial charge in [-0.1, -0.05) is 0 Å². The van der Waals surface area contributed by atoms with Crippen LogP contribution in [0.4, 0.5) is 4.39 Å². The molecule has 6 nitrogen and oxygen atoms in total. The van der Waals surface area contributed by atoms with E-state index in [2.05, 4.69) is 23.5 Å². The van der Waals surface area contributed by atoms with Crippen molar-refractivity contribution in [2.45, 2.75) is 63.4 Å². The fraction of sp³-hybridized carbons (Fsp3) is 0.667. The van der Waals surface area contributed by atoms with Gasteiger partial charge in [0.25, 0.3) is 0 Å². The van der Waals surface area contributed by atoms with E-state index in [0.29, 0.717) is 37.3 Å². The largest absolute Gasteiger partial charge is 0.340 e. The first kappa shape index (κ1) is 22.2. The number of hydrogen-bond acceptors (Lipinski definition) is 4. The summed E-state index contributed by atoms with van der Waals surface area (Å²) in [6.45, 7) is 9.30. The summed E-state index contributed by atoms with van der Waals surface area (Å²) in [5.74, 6) is -0.257. The highest BCUT2D eigenvalue weighted by atomic mass is 32.2. The van der Waals surface area contributed by atoms with Crippen LogP contribution in [0.15, 0.2) is 23.1 Å². The Kier molecular flexibility index (Phi) is 6.96. The summed E-state index contributed by atoms with van der Waals surface area (Å²) in [6, 6.07) is 4.00. The standard InChI is InChI=1S/C21H32FN3O3S/c1-15(2)24-10-12-25(13-11-24)21(26)17-4-7-19(8-5-17)23-29(27,28)20-9-6-18(22)14-16(20)3/h6,9,14-15,17,19,23H,4-5,7-8,10-13H2,1-3H3/t17-,19-. The lowest BCUT2D eigenvalue weighted by Gasteiger charge is -2.39. The first-order chi connectivity index (χ1) is 13.7. The Hall–Kier alpha value is -1.51. The van der Waals surface area contributed by atoms with Gasteiger partial charge in [-0.15, -0.1) is 0 Å². The highest BCUT2D eigenvalue weighted by Gasteiger charge is 2.33. The molecule has 1 saturated heterocycles. The third-order valence-electron chi connectivity index (χ3n) is 6.18. The van der Waals surface area contributed by atoms with E-state index in [1.165, 1.54) is 12.1 Å². The molecule has 0 aromatic heterocycles. The maximum Gasteiger partial charge on any atom is 0.241 e. The molecule has 8 heteroatoms. The van der Waals surface area contributed by atoms with Crippen LogP contribution < -0.4 is 4.72 Å². The van der Waals surface area contributed by atoms with Crippen LogP contribution in [-0.2, 0) is 14.8 Å². The molecule has 3 rings (SSSR count). The van der Waals surface area contributed by atoms with Gasteiger partial charge in [0.15, 0.2) is 0 Å². The summed E-state index contributed by atoms with van der Waals surface area (Å²) < 4.78 is 41.4. The fourth-order valence-corrected chi connectivity index (χ4v) is 5.90. The number of hydrogen-bond donors (Lipinski definition) is 1. The van der Waals surface area contributed by atoms with Gasteiger partial charge in [0.1, 0.15) is 5.82 Å². The molecule has 0 radical (unpaired) electrons. The van der Waals surface area contributed by atoms with E-state index in [4.69, 9.17) is 0 Å². The lowest BCUT2D eigenvalue weighted by Crippen LogP contribution is -2.52. The third-order valence-corrected chi connectivity index (χ3v) is 7.86. The molecule has 0 spiro atoms. The Labute approximate surface area is 173 Å². The molecule has 0 unspecified atom stereocenters. The van der Waals surface area contributed by atoms with Gasteiger partial charge in [0.05, 0.1) is 4.90 Å². The lowest BCUT2D eigenvalue weighted by atomic mass is 9.85. The van der Waals surface area contributed by atoms with Gasteiger partial charge in [-0.2, -0.15) is 0 Å². The number of aryl methyl sites for hydroxylation is 1. The van der Waals surface area contributed by atoms with Crippen molar-refractivity contribution in [3.8, 4) is 0 Å². The number of rotatable bonds is 5. The third kappa shape index (κ3) is 5.35. The average Bonchev–Trinajstić information content (AvgIpc) is 2.67. The summed E-state index contributed by atoms with van der Waals surface area (Å²) in [5.41, 5.74) is 0.391. The van der Waals surface area contributed by atoms with Crippen molar-refractivity contribution in [1.29, 1.82) is 0 Å². The van der Waals surface area contributed by atoms with E-state index in [1.54, 1.807) is 6.92 Å². The lowest BCUT2D eigenvalue weighted by molar-refractivity contribution is -0.138. The number of halogens is 1. The number of carbonyl (C=O) groups is 1. The van der Waals surface area contributed by atoms with Crippen LogP contribution in [0, 0.1) is 18.7 Å². The van der Waals surface area contributed by atoms with Crippen molar-refractivity contribution < 1.29 is 17.6 Å². The summed E-state index contributed by atoms with van der Waals surface area (Å²) in [7, 11) is -3.70. The first-order valence-corrected chi connectivity index (χ1v) is 12.0. The molecule has 1 aliphatic heterocycles. The van der Waals surface area contributed by atoms with Crippen LogP contribution in [-0.4, -0.2) is 62.4 Å². The Bertz CT molecular complexity index is 828. The molecule has 0 atom stereocenters. The predicted molar refractivity (Wildman–Crippen MR) is 110 cm³/mol. The highest BCUT2D eigenvalue weighted by Crippen LogP contribution is 2.28. The normalized spacial score (nSPS) is 24.1. The number of amides is 1. The van der Waals surface area contributed by atoms with E-state index in [1.807, 2.05) is 4.90 Å². The van der Waals surface area contributed by atoms with Crippen molar-refractivity contribution in [1.82, 2.24) is 14.5 Å². The number of piperazine rings is 1. The van der Waals surface area contributed by atoms with Gasteiger partial charge in [0, 0.05) is 44.2 Å². The molecule has 1 N–H and O–H groups in total. The van der Waals surface area contributed by atoms with Crippen LogP contribution in [0.5, 0.6) is 0 Å². The van der Waals surface area contributed by atoms with Gasteiger partial charge >= 0.3 is 0 Å². The van der Waals surface area contributed by atoms with Crippen LogP contribution in [0.2, 0.25) is 0 Å². The SMILES string of the molecule is Cc1cc(F)ccc1S(=O)(=O)N[C@H]1CC[C@H](C(=O)N2CCN(C(C)C)CC2)CC1. The summed E-state index contributed by atoms with van der Waals surface area (Å²) in [4.78, 5) is 17.3. The van der Waals surface area contributed by atoms with E-state index in [0.717, 1.165) is 32.2 Å². The molecule has 2 aliphatic rings. The molecule has 0 bridgehead atoms. The van der Waals surface area contributed by atoms with Crippen LogP contribution in [0.1, 0.15) is 45.1 Å². The van der Waals surface area contributed by atoms with Gasteiger partial charge in [-0.05, 0) is 70.2 Å². The molecule has 1 amide bonds. The number of benzene rings is 1. The van der Waals surface area contributed by atoms with E-state index in [-0.39, 0.29) is 22.8 Å². The highest BCUT2D eigenvalue weighted by molar-refractivity contribution is 7.89. The quantitative estimate of drug-likeness (QED) is 0.787. The summed E-state index contributed by atoms with van der Waals surface area (Å²) in [5, 5.41) is 0. The second kappa shape index (κ2) is 9.10. The number of sulfonamides is 1. The molecule has 2 fully saturated rings. The van der Waals surface area contributed by atoms with Gasteiger partial charge in [0.2, 0.25) is 15.9 Å². The molecule has 29 heavy (non-hydrogen) atoms. The second-order valence-corrected chi connectivity index (χ2v) is 10.2. The minimum atomic E-state index is -3.70. The molecular weight excluding hydrogens is 393 g/mol. The van der Waals surface area contributed by atoms with Crippen molar-refractivity contribution >= 4 is 15.9 Å². The smallest absolute Gasteiger partial charge is 0.241 e. The van der Waals surface area contributed by atoms with Gasteiger partial charge in [-0.25, -0.2) is 17.5 Å². The van der Waals surface area contributed by atoms with Gasteiger partial charge in [-0.3, -0.25) is 9.69 Å². The van der Waals surface area contributed by atoms with Crippen LogP contribution >= 0.6 is 0 Å². The Morgan fingerprint density at radius 3 is 2.28 bits per heavy atom. The van der Waals surface area contributed by atoms with E-state index >= 15 is 0 Å². The molecule has 1 saturated carbocycles. The van der Waals surface area contributed by atoms with Crippen LogP contribution in [0.25, 0.3) is 0 Å². The monoisotopic (exact) mass is 425 g/mol. The zero-order valence-electron chi connectivity index (χ0n) is 17.5. The molecular formula is C21H32FN3O3S. The van der Waals surface area contributed by atoms with Crippen molar-refractivity contribution in [3.05, 3.63) is 29.6 Å². The minimum absolute atomic E-state index is 0.0195. The minimum Gasteiger partial charge on any atom is -0.340 e. The fourth-order valence-electron chi connectivity index (χ4n) is 4.37. The summed E-state index contributed by atoms with van der Waals surface area (Å²) >= 11 is 0. The van der Waals surface area contributed by atoms with Crippen LogP contribution in [0.3, 0.4) is 0 Å². The zero-order chi connectivity index (χ0) is 21.2. The second-order valence-electron chi connectivity index (χ2n) is 8.53. The number of carbonyl (C=O) groups excluding carboxylic acids is 1. The predicted octanol–water partition coefficient (Wildman–Crippen LogP) is 2.52. The van der Waals surface area contributed by atoms with Crippen molar-refractivity contribution in [2.24, 2.45) is 5.92 Å². The topological polar surface area (TPSA) is 69.7 Å². The Morgan fingerprint density at radius 2 is 1.72 bits per heavy atom. The van der Waals surface area contributed by atoms with E-state index < -0.39 is 15.8 Å². The average molecular weight is 426 g/mol. The van der Waals surface area contributed by atoms with Gasteiger partial charge < -0.3 is 4.90 Å². The molecule has 1 aromatic rings. The Morgan fingerprint density at radius 1 is 1.10 bits per heavy atom. The molecule has 1 heterocycles. The van der Waals surface area contributed by atoms with Crippen molar-refractivity contribution in [2.75, 3.05) is 26.2 Å². The summed E-state index contributed by atoms with van der Waals surface area (Å²) in [6.07, 6.45) is 2.67. The number of nitrogens with one attached hydrogen (secondary N) is 1. The first-order valence-electron chi connectivity index (χ1n) is 10.5. The number of nitrogens with zero attached hydrogens (tertiary/aromatic N) is 2. The Balaban J connectivity index is 1.52. The molecule has 1 aliphatic carbocycles. The molecule has 1 aromatic carbocycles. The maximum atomic E-state index is 13.3. The molecule has 162 valence electrons. The van der Waals surface area contributed by atoms with E-state index in [9.17, 15) is 17.6 Å². The zero-order valence-corrected chi connectivity index (χ0v) is 18.3.